The Morgan fingerprint density at radius 2 is 2.03 bits per heavy atom. The van der Waals surface area contributed by atoms with Crippen LogP contribution in [-0.2, 0) is 18.3 Å². The second-order valence-electron chi connectivity index (χ2n) is 7.64. The first-order valence-corrected chi connectivity index (χ1v) is 10.5. The summed E-state index contributed by atoms with van der Waals surface area (Å²) in [5, 5.41) is 7.48. The summed E-state index contributed by atoms with van der Waals surface area (Å²) in [5.41, 5.74) is 2.05. The van der Waals surface area contributed by atoms with Crippen LogP contribution in [-0.4, -0.2) is 65.4 Å². The summed E-state index contributed by atoms with van der Waals surface area (Å²) < 4.78 is 7.40. The number of benzene rings is 1. The van der Waals surface area contributed by atoms with Gasteiger partial charge in [-0.3, -0.25) is 14.5 Å². The summed E-state index contributed by atoms with van der Waals surface area (Å²) >= 11 is 0. The first kappa shape index (κ1) is 21.7. The van der Waals surface area contributed by atoms with Gasteiger partial charge in [-0.25, -0.2) is 0 Å². The van der Waals surface area contributed by atoms with E-state index in [1.54, 1.807) is 15.8 Å². The zero-order valence-corrected chi connectivity index (χ0v) is 18.3. The summed E-state index contributed by atoms with van der Waals surface area (Å²) in [6, 6.07) is 8.16. The number of aliphatic imine (C=N–C) groups is 1. The molecule has 0 spiro atoms. The van der Waals surface area contributed by atoms with Crippen LogP contribution in [0.4, 0.5) is 5.69 Å². The van der Waals surface area contributed by atoms with Crippen molar-refractivity contribution in [2.75, 3.05) is 37.6 Å². The van der Waals surface area contributed by atoms with Crippen LogP contribution >= 0.6 is 0 Å². The number of amides is 1. The van der Waals surface area contributed by atoms with Crippen molar-refractivity contribution in [2.24, 2.45) is 12.0 Å². The van der Waals surface area contributed by atoms with E-state index in [0.29, 0.717) is 19.6 Å². The molecule has 3 rings (SSSR count). The minimum Gasteiger partial charge on any atom is -0.491 e. The largest absolute Gasteiger partial charge is 0.491 e. The summed E-state index contributed by atoms with van der Waals surface area (Å²) in [4.78, 5) is 21.2. The van der Waals surface area contributed by atoms with Crippen LogP contribution in [0.15, 0.2) is 41.7 Å². The Kier molecular flexibility index (Phi) is 7.32. The van der Waals surface area contributed by atoms with Gasteiger partial charge in [-0.2, -0.15) is 5.10 Å². The molecular weight excluding hydrogens is 380 g/mol. The minimum absolute atomic E-state index is 0.0561. The molecule has 1 aromatic carbocycles. The van der Waals surface area contributed by atoms with Gasteiger partial charge in [0.15, 0.2) is 5.96 Å². The molecule has 2 heterocycles. The molecule has 1 aliphatic rings. The molecule has 0 radical (unpaired) electrons. The lowest BCUT2D eigenvalue weighted by molar-refractivity contribution is -0.120. The molecule has 0 atom stereocenters. The van der Waals surface area contributed by atoms with Crippen molar-refractivity contribution in [2.45, 2.75) is 33.3 Å². The van der Waals surface area contributed by atoms with Crippen molar-refractivity contribution < 1.29 is 9.53 Å². The van der Waals surface area contributed by atoms with Crippen molar-refractivity contribution in [3.63, 3.8) is 0 Å². The maximum absolute atomic E-state index is 12.7. The molecule has 162 valence electrons. The van der Waals surface area contributed by atoms with Gasteiger partial charge in [-0.05, 0) is 44.9 Å². The predicted molar refractivity (Wildman–Crippen MR) is 119 cm³/mol. The zero-order chi connectivity index (χ0) is 21.5. The van der Waals surface area contributed by atoms with Gasteiger partial charge in [0.2, 0.25) is 5.91 Å². The van der Waals surface area contributed by atoms with E-state index < -0.39 is 0 Å². The van der Waals surface area contributed by atoms with E-state index >= 15 is 0 Å². The maximum atomic E-state index is 12.7. The Morgan fingerprint density at radius 1 is 1.27 bits per heavy atom. The zero-order valence-electron chi connectivity index (χ0n) is 18.3. The number of carbonyl (C=O) groups excluding carboxylic acids is 1. The van der Waals surface area contributed by atoms with Gasteiger partial charge < -0.3 is 19.9 Å². The van der Waals surface area contributed by atoms with Crippen molar-refractivity contribution in [3.8, 4) is 5.75 Å². The van der Waals surface area contributed by atoms with Crippen molar-refractivity contribution in [1.29, 1.82) is 0 Å². The van der Waals surface area contributed by atoms with Crippen LogP contribution in [0.2, 0.25) is 0 Å². The molecule has 1 aliphatic heterocycles. The van der Waals surface area contributed by atoms with E-state index in [0.717, 1.165) is 36.9 Å². The number of guanidine groups is 1. The van der Waals surface area contributed by atoms with Gasteiger partial charge >= 0.3 is 0 Å². The molecule has 1 saturated heterocycles. The van der Waals surface area contributed by atoms with Gasteiger partial charge in [-0.1, -0.05) is 12.1 Å². The number of anilines is 1. The minimum atomic E-state index is 0.0561. The molecule has 0 bridgehead atoms. The fraction of sp³-hybridized carbons (Fsp3) is 0.500. The van der Waals surface area contributed by atoms with Crippen molar-refractivity contribution in [1.82, 2.24) is 20.0 Å². The highest BCUT2D eigenvalue weighted by atomic mass is 16.5. The van der Waals surface area contributed by atoms with Gasteiger partial charge in [0, 0.05) is 39.4 Å². The second kappa shape index (κ2) is 10.1. The van der Waals surface area contributed by atoms with E-state index in [-0.39, 0.29) is 12.0 Å². The van der Waals surface area contributed by atoms with E-state index in [9.17, 15) is 4.79 Å². The highest BCUT2D eigenvalue weighted by molar-refractivity contribution is 5.98. The van der Waals surface area contributed by atoms with Crippen molar-refractivity contribution in [3.05, 3.63) is 42.2 Å². The molecule has 0 unspecified atom stereocenters. The number of nitrogens with one attached hydrogen (secondary N) is 1. The highest BCUT2D eigenvalue weighted by Gasteiger charge is 2.27. The first-order chi connectivity index (χ1) is 14.5. The molecule has 1 fully saturated rings. The van der Waals surface area contributed by atoms with Gasteiger partial charge in [-0.15, -0.1) is 0 Å². The molecule has 8 nitrogen and oxygen atoms in total. The number of nitrogens with zero attached hydrogens (tertiary/aromatic N) is 5. The Morgan fingerprint density at radius 3 is 2.63 bits per heavy atom. The first-order valence-electron chi connectivity index (χ1n) is 10.5. The smallest absolute Gasteiger partial charge is 0.246 e. The number of ether oxygens (including phenoxy) is 1. The molecule has 30 heavy (non-hydrogen) atoms. The normalized spacial score (nSPS) is 15.1. The average Bonchev–Trinajstić information content (AvgIpc) is 3.14. The van der Waals surface area contributed by atoms with E-state index in [1.165, 1.54) is 5.56 Å². The lowest BCUT2D eigenvalue weighted by Gasteiger charge is -2.35. The Labute approximate surface area is 178 Å². The van der Waals surface area contributed by atoms with Crippen LogP contribution < -0.4 is 15.0 Å². The predicted octanol–water partition coefficient (Wildman–Crippen LogP) is 2.06. The fourth-order valence-electron chi connectivity index (χ4n) is 3.40. The lowest BCUT2D eigenvalue weighted by atomic mass is 10.1. The van der Waals surface area contributed by atoms with Crippen LogP contribution in [0.5, 0.6) is 5.75 Å². The maximum Gasteiger partial charge on any atom is 0.246 e. The van der Waals surface area contributed by atoms with Gasteiger partial charge in [0.05, 0.1) is 18.0 Å². The number of hydrogen-bond donors (Lipinski definition) is 1. The van der Waals surface area contributed by atoms with Crippen LogP contribution in [0.1, 0.15) is 26.3 Å². The number of hydrogen-bond acceptors (Lipinski definition) is 4. The molecule has 0 aliphatic carbocycles. The fourth-order valence-corrected chi connectivity index (χ4v) is 3.40. The number of piperazine rings is 1. The second-order valence-corrected chi connectivity index (χ2v) is 7.64. The molecule has 8 heteroatoms. The van der Waals surface area contributed by atoms with E-state index in [1.807, 2.05) is 51.0 Å². The quantitative estimate of drug-likeness (QED) is 0.557. The van der Waals surface area contributed by atoms with Crippen LogP contribution in [0.3, 0.4) is 0 Å². The number of rotatable bonds is 7. The molecule has 2 aromatic rings. The van der Waals surface area contributed by atoms with Gasteiger partial charge in [0.1, 0.15) is 12.3 Å². The monoisotopic (exact) mass is 412 g/mol. The molecule has 1 amide bonds. The number of carbonyl (C=O) groups is 1. The van der Waals surface area contributed by atoms with Crippen LogP contribution in [0, 0.1) is 0 Å². The average molecular weight is 413 g/mol. The number of aryl methyl sites for hydroxylation is 1. The standard InChI is InChI=1S/C22H32N6O2/c1-5-23-22(24-11-10-18-6-8-20(9-7-18)30-17(2)3)27-12-13-28(21(29)16-27)19-14-25-26(4)15-19/h6-9,14-15,17H,5,10-13,16H2,1-4H3,(H,23,24). The summed E-state index contributed by atoms with van der Waals surface area (Å²) in [6.07, 6.45) is 4.60. The molecular formula is C22H32N6O2. The summed E-state index contributed by atoms with van der Waals surface area (Å²) in [5.74, 6) is 1.73. The van der Waals surface area contributed by atoms with E-state index in [2.05, 4.69) is 22.5 Å². The summed E-state index contributed by atoms with van der Waals surface area (Å²) in [6.45, 7) is 9.15. The molecule has 1 aromatic heterocycles. The van der Waals surface area contributed by atoms with E-state index in [4.69, 9.17) is 9.73 Å². The third-order valence-electron chi connectivity index (χ3n) is 4.82. The van der Waals surface area contributed by atoms with Crippen LogP contribution in [0.25, 0.3) is 0 Å². The third kappa shape index (κ3) is 5.75. The summed E-state index contributed by atoms with van der Waals surface area (Å²) in [7, 11) is 1.85. The topological polar surface area (TPSA) is 75.0 Å². The SMILES string of the molecule is CCNC(=NCCc1ccc(OC(C)C)cc1)N1CCN(c2cnn(C)c2)C(=O)C1. The van der Waals surface area contributed by atoms with Crippen molar-refractivity contribution >= 4 is 17.6 Å². The van der Waals surface area contributed by atoms with Gasteiger partial charge in [0.25, 0.3) is 0 Å². The molecule has 0 saturated carbocycles. The Balaban J connectivity index is 1.57. The number of aromatic nitrogens is 2. The third-order valence-corrected chi connectivity index (χ3v) is 4.82. The highest BCUT2D eigenvalue weighted by Crippen LogP contribution is 2.16. The molecule has 1 N–H and O–H groups in total. The lowest BCUT2D eigenvalue weighted by Crippen LogP contribution is -2.55. The Bertz CT molecular complexity index is 859. The Hall–Kier alpha value is -3.03.